The second-order valence-electron chi connectivity index (χ2n) is 9.11. The minimum Gasteiger partial charge on any atom is -0.352 e. The van der Waals surface area contributed by atoms with E-state index in [-0.39, 0.29) is 24.2 Å². The van der Waals surface area contributed by atoms with Crippen molar-refractivity contribution in [2.45, 2.75) is 19.4 Å². The molecule has 3 heterocycles. The van der Waals surface area contributed by atoms with Crippen molar-refractivity contribution in [3.63, 3.8) is 0 Å². The summed E-state index contributed by atoms with van der Waals surface area (Å²) in [6.45, 7) is 2.10. The molecule has 0 saturated carbocycles. The number of carbonyl (C=O) groups excluding carboxylic acids is 2. The van der Waals surface area contributed by atoms with Gasteiger partial charge in [0.25, 0.3) is 11.8 Å². The van der Waals surface area contributed by atoms with Gasteiger partial charge in [-0.15, -0.1) is 0 Å². The number of carbonyl (C=O) groups is 2. The van der Waals surface area contributed by atoms with Gasteiger partial charge in [-0.3, -0.25) is 14.3 Å². The predicted molar refractivity (Wildman–Crippen MR) is 132 cm³/mol. The van der Waals surface area contributed by atoms with E-state index >= 15 is 0 Å². The Kier molecular flexibility index (Phi) is 6.35. The number of hydrogen-bond donors (Lipinski definition) is 1. The summed E-state index contributed by atoms with van der Waals surface area (Å²) in [6.07, 6.45) is 4.87. The Morgan fingerprint density at radius 1 is 1.09 bits per heavy atom. The lowest BCUT2D eigenvalue weighted by Gasteiger charge is -2.32. The lowest BCUT2D eigenvalue weighted by atomic mass is 9.96. The van der Waals surface area contributed by atoms with E-state index in [0.717, 1.165) is 23.7 Å². The fourth-order valence-corrected chi connectivity index (χ4v) is 4.73. The average Bonchev–Trinajstić information content (AvgIpc) is 3.48. The van der Waals surface area contributed by atoms with E-state index in [1.165, 1.54) is 6.07 Å². The highest BCUT2D eigenvalue weighted by Crippen LogP contribution is 2.25. The van der Waals surface area contributed by atoms with Crippen LogP contribution in [0.5, 0.6) is 0 Å². The molecule has 2 aromatic carbocycles. The number of benzene rings is 2. The molecule has 180 valence electrons. The zero-order valence-electron chi connectivity index (χ0n) is 19.7. The number of para-hydroxylation sites is 1. The van der Waals surface area contributed by atoms with Crippen molar-refractivity contribution in [2.75, 3.05) is 19.6 Å². The van der Waals surface area contributed by atoms with Crippen molar-refractivity contribution >= 4 is 22.7 Å². The highest BCUT2D eigenvalue weighted by Gasteiger charge is 2.27. The number of nitrogens with zero attached hydrogens (tertiary/aromatic N) is 4. The first kappa shape index (κ1) is 22.8. The van der Waals surface area contributed by atoms with Crippen molar-refractivity contribution in [3.8, 4) is 0 Å². The van der Waals surface area contributed by atoms with E-state index in [1.54, 1.807) is 36.3 Å². The van der Waals surface area contributed by atoms with Gasteiger partial charge in [-0.2, -0.15) is 5.10 Å². The number of likely N-dealkylation sites (tertiary alicyclic amines) is 1. The minimum atomic E-state index is -0.280. The SMILES string of the molecule is Cn1cc(C(=O)NCC2CCN(C(=O)c3cc4ccccc4n3Cc3ccccc3F)CC2)cn1. The second kappa shape index (κ2) is 9.74. The standard InChI is InChI=1S/C27H28FN5O2/c1-31-17-22(16-30-31)26(34)29-15-19-10-12-32(13-11-19)27(35)25-14-20-6-3-5-9-24(20)33(25)18-21-7-2-4-8-23(21)28/h2-9,14,16-17,19H,10-13,15,18H2,1H3,(H,29,34). The molecule has 0 radical (unpaired) electrons. The molecule has 0 unspecified atom stereocenters. The van der Waals surface area contributed by atoms with E-state index < -0.39 is 0 Å². The van der Waals surface area contributed by atoms with Crippen molar-refractivity contribution in [2.24, 2.45) is 13.0 Å². The zero-order chi connectivity index (χ0) is 24.4. The Labute approximate surface area is 203 Å². The van der Waals surface area contributed by atoms with Crippen LogP contribution in [0.2, 0.25) is 0 Å². The summed E-state index contributed by atoms with van der Waals surface area (Å²) in [7, 11) is 1.78. The van der Waals surface area contributed by atoms with Gasteiger partial charge in [0.15, 0.2) is 0 Å². The molecule has 1 aliphatic rings. The Hall–Kier alpha value is -3.94. The molecule has 4 aromatic rings. The number of aromatic nitrogens is 3. The van der Waals surface area contributed by atoms with Crippen LogP contribution in [-0.4, -0.2) is 50.7 Å². The molecule has 1 saturated heterocycles. The predicted octanol–water partition coefficient (Wildman–Crippen LogP) is 3.84. The molecule has 0 aliphatic carbocycles. The van der Waals surface area contributed by atoms with Gasteiger partial charge in [0.1, 0.15) is 11.5 Å². The van der Waals surface area contributed by atoms with Crippen molar-refractivity contribution in [1.29, 1.82) is 0 Å². The number of amides is 2. The van der Waals surface area contributed by atoms with Crippen LogP contribution in [0.1, 0.15) is 39.3 Å². The van der Waals surface area contributed by atoms with Crippen molar-refractivity contribution in [1.82, 2.24) is 24.6 Å². The van der Waals surface area contributed by atoms with E-state index in [4.69, 9.17) is 0 Å². The Morgan fingerprint density at radius 2 is 1.83 bits per heavy atom. The van der Waals surface area contributed by atoms with Crippen LogP contribution < -0.4 is 5.32 Å². The maximum Gasteiger partial charge on any atom is 0.270 e. The quantitative estimate of drug-likeness (QED) is 0.463. The molecule has 2 aromatic heterocycles. The van der Waals surface area contributed by atoms with Crippen LogP contribution in [0.25, 0.3) is 10.9 Å². The molecule has 8 heteroatoms. The summed E-state index contributed by atoms with van der Waals surface area (Å²) in [5, 5.41) is 7.97. The molecule has 0 bridgehead atoms. The summed E-state index contributed by atoms with van der Waals surface area (Å²) in [6, 6.07) is 16.4. The topological polar surface area (TPSA) is 72.2 Å². The highest BCUT2D eigenvalue weighted by atomic mass is 19.1. The third-order valence-corrected chi connectivity index (χ3v) is 6.74. The Bertz CT molecular complexity index is 1370. The first-order valence-electron chi connectivity index (χ1n) is 11.9. The number of halogens is 1. The molecular formula is C27H28FN5O2. The zero-order valence-corrected chi connectivity index (χ0v) is 19.7. The molecule has 7 nitrogen and oxygen atoms in total. The number of rotatable bonds is 6. The van der Waals surface area contributed by atoms with Crippen LogP contribution in [0, 0.1) is 11.7 Å². The van der Waals surface area contributed by atoms with Gasteiger partial charge in [-0.1, -0.05) is 36.4 Å². The minimum absolute atomic E-state index is 0.0459. The number of piperidine rings is 1. The average molecular weight is 474 g/mol. The van der Waals surface area contributed by atoms with E-state index in [1.807, 2.05) is 45.9 Å². The molecule has 5 rings (SSSR count). The van der Waals surface area contributed by atoms with Crippen LogP contribution in [0.4, 0.5) is 4.39 Å². The van der Waals surface area contributed by atoms with Gasteiger partial charge in [0.05, 0.1) is 18.3 Å². The number of fused-ring (bicyclic) bond motifs is 1. The van der Waals surface area contributed by atoms with Crippen molar-refractivity contribution in [3.05, 3.63) is 89.6 Å². The normalized spacial score (nSPS) is 14.4. The van der Waals surface area contributed by atoms with E-state index in [0.29, 0.717) is 42.4 Å². The number of nitrogens with one attached hydrogen (secondary N) is 1. The van der Waals surface area contributed by atoms with Crippen molar-refractivity contribution < 1.29 is 14.0 Å². The fourth-order valence-electron chi connectivity index (χ4n) is 4.73. The molecule has 1 N–H and O–H groups in total. The van der Waals surface area contributed by atoms with Gasteiger partial charge >= 0.3 is 0 Å². The number of hydrogen-bond acceptors (Lipinski definition) is 3. The maximum absolute atomic E-state index is 14.4. The van der Waals surface area contributed by atoms with Crippen LogP contribution in [0.15, 0.2) is 67.0 Å². The summed E-state index contributed by atoms with van der Waals surface area (Å²) in [4.78, 5) is 27.7. The molecule has 1 fully saturated rings. The second-order valence-corrected chi connectivity index (χ2v) is 9.11. The summed E-state index contributed by atoms with van der Waals surface area (Å²) >= 11 is 0. The molecule has 2 amide bonds. The first-order chi connectivity index (χ1) is 17.0. The van der Waals surface area contributed by atoms with Gasteiger partial charge in [0.2, 0.25) is 0 Å². The fraction of sp³-hybridized carbons (Fsp3) is 0.296. The van der Waals surface area contributed by atoms with Gasteiger partial charge in [-0.05, 0) is 37.0 Å². The first-order valence-corrected chi connectivity index (χ1v) is 11.9. The molecule has 0 atom stereocenters. The lowest BCUT2D eigenvalue weighted by molar-refractivity contribution is 0.0674. The van der Waals surface area contributed by atoms with E-state index in [9.17, 15) is 14.0 Å². The van der Waals surface area contributed by atoms with Gasteiger partial charge in [0, 0.05) is 49.3 Å². The molecule has 1 aliphatic heterocycles. The van der Waals surface area contributed by atoms with Gasteiger partial charge in [-0.25, -0.2) is 4.39 Å². The third-order valence-electron chi connectivity index (χ3n) is 6.74. The largest absolute Gasteiger partial charge is 0.352 e. The Balaban J connectivity index is 1.27. The molecule has 0 spiro atoms. The van der Waals surface area contributed by atoms with Crippen LogP contribution >= 0.6 is 0 Å². The summed E-state index contributed by atoms with van der Waals surface area (Å²) in [5.41, 5.74) is 2.57. The van der Waals surface area contributed by atoms with Crippen LogP contribution in [0.3, 0.4) is 0 Å². The Morgan fingerprint density at radius 3 is 2.57 bits per heavy atom. The molecular weight excluding hydrogens is 445 g/mol. The smallest absolute Gasteiger partial charge is 0.270 e. The third kappa shape index (κ3) is 4.82. The monoisotopic (exact) mass is 473 g/mol. The summed E-state index contributed by atoms with van der Waals surface area (Å²) < 4.78 is 17.9. The van der Waals surface area contributed by atoms with E-state index in [2.05, 4.69) is 10.4 Å². The lowest BCUT2D eigenvalue weighted by Crippen LogP contribution is -2.42. The van der Waals surface area contributed by atoms with Gasteiger partial charge < -0.3 is 14.8 Å². The number of aryl methyl sites for hydroxylation is 1. The maximum atomic E-state index is 14.4. The summed E-state index contributed by atoms with van der Waals surface area (Å²) in [5.74, 6) is -0.147. The van der Waals surface area contributed by atoms with Crippen LogP contribution in [-0.2, 0) is 13.6 Å². The molecule has 35 heavy (non-hydrogen) atoms. The highest BCUT2D eigenvalue weighted by molar-refractivity contribution is 5.99.